The molecule has 0 radical (unpaired) electrons. The maximum atomic E-state index is 12.0. The number of nitrogens with one attached hydrogen (secondary N) is 1. The fourth-order valence-electron chi connectivity index (χ4n) is 1.18. The molecule has 1 aromatic rings. The van der Waals surface area contributed by atoms with E-state index in [9.17, 15) is 35.2 Å². The Morgan fingerprint density at radius 3 is 2.09 bits per heavy atom. The Morgan fingerprint density at radius 1 is 1.14 bits per heavy atom. The minimum atomic E-state index is -5.86. The lowest BCUT2D eigenvalue weighted by atomic mass is 10.4. The Balaban J connectivity index is 2.73. The molecule has 0 bridgehead atoms. The molecule has 1 N–H and O–H groups in total. The molecule has 1 rings (SSSR count). The Kier molecular flexibility index (Phi) is 6.19. The summed E-state index contributed by atoms with van der Waals surface area (Å²) in [4.78, 5) is -0.336. The van der Waals surface area contributed by atoms with Crippen molar-refractivity contribution >= 4 is 42.7 Å². The van der Waals surface area contributed by atoms with Crippen LogP contribution >= 0.6 is 22.6 Å². The first-order valence-electron chi connectivity index (χ1n) is 5.37. The molecule has 0 aromatic heterocycles. The number of halogens is 4. The number of sulfonamides is 1. The zero-order valence-corrected chi connectivity index (χ0v) is 14.3. The van der Waals surface area contributed by atoms with Crippen LogP contribution in [-0.2, 0) is 24.3 Å². The minimum absolute atomic E-state index is 0.336. The van der Waals surface area contributed by atoms with Gasteiger partial charge in [0.05, 0.1) is 0 Å². The van der Waals surface area contributed by atoms with Gasteiger partial charge in [-0.3, -0.25) is 8.65 Å². The zero-order chi connectivity index (χ0) is 17.2. The van der Waals surface area contributed by atoms with Crippen molar-refractivity contribution in [2.24, 2.45) is 0 Å². The van der Waals surface area contributed by atoms with Crippen LogP contribution < -0.4 is 4.47 Å². The van der Waals surface area contributed by atoms with Gasteiger partial charge in [-0.15, -0.1) is 0 Å². The van der Waals surface area contributed by atoms with E-state index in [1.54, 1.807) is 0 Å². The first-order valence-corrected chi connectivity index (χ1v) is 9.34. The minimum Gasteiger partial charge on any atom is -0.618 e. The number of rotatable bonds is 6. The van der Waals surface area contributed by atoms with Gasteiger partial charge in [0.2, 0.25) is 0 Å². The van der Waals surface area contributed by atoms with Crippen LogP contribution in [0.1, 0.15) is 0 Å². The topological polar surface area (TPSA) is 105 Å². The highest BCUT2D eigenvalue weighted by molar-refractivity contribution is 14.1. The van der Waals surface area contributed by atoms with Gasteiger partial charge in [-0.1, -0.05) is 0 Å². The van der Waals surface area contributed by atoms with E-state index in [0.717, 1.165) is 12.1 Å². The molecule has 0 spiro atoms. The third-order valence-corrected chi connectivity index (χ3v) is 5.71. The number of alkyl halides is 3. The van der Waals surface area contributed by atoms with Crippen molar-refractivity contribution in [3.05, 3.63) is 33.0 Å². The van der Waals surface area contributed by atoms with Crippen molar-refractivity contribution < 1.29 is 38.7 Å². The molecule has 1 aromatic carbocycles. The van der Waals surface area contributed by atoms with Crippen LogP contribution in [0.25, 0.3) is 0 Å². The Morgan fingerprint density at radius 2 is 1.64 bits per heavy atom. The van der Waals surface area contributed by atoms with Crippen molar-refractivity contribution in [3.8, 4) is 0 Å². The van der Waals surface area contributed by atoms with E-state index in [0.29, 0.717) is 3.57 Å². The molecule has 0 aliphatic carbocycles. The smallest absolute Gasteiger partial charge is 0.523 e. The molecule has 0 saturated heterocycles. The predicted octanol–water partition coefficient (Wildman–Crippen LogP) is 0.229. The van der Waals surface area contributed by atoms with Crippen LogP contribution in [0.4, 0.5) is 13.2 Å². The monoisotopic (exact) mass is 475 g/mol. The lowest BCUT2D eigenvalue weighted by Crippen LogP contribution is -3.09. The van der Waals surface area contributed by atoms with E-state index in [2.05, 4.69) is 4.18 Å². The summed E-state index contributed by atoms with van der Waals surface area (Å²) >= 11 is 1.91. The molecular formula is C9H9F3INO6S2. The average molecular weight is 475 g/mol. The Bertz CT molecular complexity index is 717. The highest BCUT2D eigenvalue weighted by atomic mass is 127. The molecule has 22 heavy (non-hydrogen) atoms. The third-order valence-electron chi connectivity index (χ3n) is 2.25. The number of hydroxylamine groups is 1. The highest BCUT2D eigenvalue weighted by Gasteiger charge is 2.47. The standard InChI is InChI=1S/C9H9F3INO6S2/c10-9(11,12)22(18,19)20-6-5-14(15)21(16,17)8-3-1-7(13)2-4-8/h1-4,14H,5-6H2. The SMILES string of the molecule is O=S(=O)(c1ccc(I)cc1)[NH+]([O-])CCOS(=O)(=O)C(F)(F)F. The summed E-state index contributed by atoms with van der Waals surface area (Å²) in [5.41, 5.74) is -5.63. The molecule has 0 aliphatic rings. The molecule has 1 unspecified atom stereocenters. The second-order valence-electron chi connectivity index (χ2n) is 3.80. The van der Waals surface area contributed by atoms with Crippen molar-refractivity contribution in [3.63, 3.8) is 0 Å². The second kappa shape index (κ2) is 6.96. The Hall–Kier alpha value is -0.480. The second-order valence-corrected chi connectivity index (χ2v) is 8.59. The molecule has 13 heteroatoms. The van der Waals surface area contributed by atoms with E-state index in [4.69, 9.17) is 0 Å². The highest BCUT2D eigenvalue weighted by Crippen LogP contribution is 2.24. The van der Waals surface area contributed by atoms with E-state index in [1.165, 1.54) is 12.1 Å². The third kappa shape index (κ3) is 4.76. The molecular weight excluding hydrogens is 466 g/mol. The first-order chi connectivity index (χ1) is 9.88. The number of benzene rings is 1. The lowest BCUT2D eigenvalue weighted by molar-refractivity contribution is -0.708. The maximum Gasteiger partial charge on any atom is 0.523 e. The van der Waals surface area contributed by atoms with Crippen LogP contribution in [0, 0.1) is 8.78 Å². The summed E-state index contributed by atoms with van der Waals surface area (Å²) in [6, 6.07) is 5.15. The molecule has 0 saturated carbocycles. The van der Waals surface area contributed by atoms with Gasteiger partial charge in [-0.05, 0) is 46.9 Å². The van der Waals surface area contributed by atoms with Crippen molar-refractivity contribution in [1.82, 2.24) is 0 Å². The summed E-state index contributed by atoms with van der Waals surface area (Å²) < 4.78 is 83.6. The van der Waals surface area contributed by atoms with Gasteiger partial charge in [0.1, 0.15) is 18.0 Å². The summed E-state index contributed by atoms with van der Waals surface area (Å²) in [6.07, 6.45) is 0. The molecule has 1 atom stereocenters. The van der Waals surface area contributed by atoms with Crippen molar-refractivity contribution in [2.45, 2.75) is 10.4 Å². The van der Waals surface area contributed by atoms with Crippen LogP contribution in [-0.4, -0.2) is 35.5 Å². The quantitative estimate of drug-likeness (QED) is 0.274. The predicted molar refractivity (Wildman–Crippen MR) is 76.5 cm³/mol. The Labute approximate surface area is 138 Å². The summed E-state index contributed by atoms with van der Waals surface area (Å²) in [7, 11) is -10.3. The maximum absolute atomic E-state index is 12.0. The average Bonchev–Trinajstić information content (AvgIpc) is 2.37. The number of hydrogen-bond acceptors (Lipinski definition) is 6. The molecule has 7 nitrogen and oxygen atoms in total. The van der Waals surface area contributed by atoms with Gasteiger partial charge in [0.15, 0.2) is 0 Å². The molecule has 126 valence electrons. The van der Waals surface area contributed by atoms with Gasteiger partial charge < -0.3 is 5.21 Å². The van der Waals surface area contributed by atoms with Crippen LogP contribution in [0.3, 0.4) is 0 Å². The van der Waals surface area contributed by atoms with Crippen molar-refractivity contribution in [1.29, 1.82) is 0 Å². The van der Waals surface area contributed by atoms with Crippen LogP contribution in [0.5, 0.6) is 0 Å². The zero-order valence-electron chi connectivity index (χ0n) is 10.5. The molecule has 0 fully saturated rings. The lowest BCUT2D eigenvalue weighted by Gasteiger charge is -2.21. The molecule has 0 aliphatic heterocycles. The molecule has 0 amide bonds. The van der Waals surface area contributed by atoms with Gasteiger partial charge in [0, 0.05) is 3.57 Å². The first kappa shape index (κ1) is 19.6. The fraction of sp³-hybridized carbons (Fsp3) is 0.333. The largest absolute Gasteiger partial charge is 0.618 e. The van der Waals surface area contributed by atoms with E-state index in [-0.39, 0.29) is 4.90 Å². The van der Waals surface area contributed by atoms with Gasteiger partial charge in [-0.25, -0.2) is 0 Å². The van der Waals surface area contributed by atoms with Gasteiger partial charge in [-0.2, -0.15) is 30.0 Å². The van der Waals surface area contributed by atoms with Gasteiger partial charge >= 0.3 is 25.6 Å². The normalized spacial score (nSPS) is 14.8. The van der Waals surface area contributed by atoms with E-state index >= 15 is 0 Å². The van der Waals surface area contributed by atoms with Crippen LogP contribution in [0.15, 0.2) is 29.2 Å². The number of hydrogen-bond donors (Lipinski definition) is 1. The van der Waals surface area contributed by atoms with Crippen LogP contribution in [0.2, 0.25) is 0 Å². The van der Waals surface area contributed by atoms with Crippen molar-refractivity contribution in [2.75, 3.05) is 13.2 Å². The van der Waals surface area contributed by atoms with E-state index in [1.807, 2.05) is 22.6 Å². The number of quaternary nitrogens is 1. The molecule has 0 heterocycles. The van der Waals surface area contributed by atoms with Gasteiger partial charge in [0.25, 0.3) is 0 Å². The summed E-state index contributed by atoms with van der Waals surface area (Å²) in [5.74, 6) is 0. The summed E-state index contributed by atoms with van der Waals surface area (Å²) in [6.45, 7) is -2.24. The fourth-order valence-corrected chi connectivity index (χ4v) is 3.09. The summed E-state index contributed by atoms with van der Waals surface area (Å²) in [5, 5.41) is 11.5. The van der Waals surface area contributed by atoms with E-state index < -0.39 is 43.3 Å².